The summed E-state index contributed by atoms with van der Waals surface area (Å²) in [6.45, 7) is 3.90. The number of hydrogen-bond acceptors (Lipinski definition) is 5. The second-order valence-corrected chi connectivity index (χ2v) is 7.91. The standard InChI is InChI=1S/C26H22N6O/c1-16-10-19(8-9-27-16)20-11-22-23(15-31-24(22)28-12-20)21-13-29-25(30-14-21)26(33)32-17(2)18-6-4-3-5-7-18/h3-15,17H,1-2H3,(H,28,31)(H,32,33). The number of carbonyl (C=O) groups excluding carboxylic acids is 1. The van der Waals surface area contributed by atoms with E-state index < -0.39 is 0 Å². The van der Waals surface area contributed by atoms with Gasteiger partial charge in [-0.3, -0.25) is 9.78 Å². The normalized spacial score (nSPS) is 11.9. The quantitative estimate of drug-likeness (QED) is 0.411. The molecule has 1 aromatic carbocycles. The molecule has 33 heavy (non-hydrogen) atoms. The first-order chi connectivity index (χ1) is 16.1. The lowest BCUT2D eigenvalue weighted by Gasteiger charge is -2.13. The van der Waals surface area contributed by atoms with Gasteiger partial charge >= 0.3 is 0 Å². The Bertz CT molecular complexity index is 1430. The lowest BCUT2D eigenvalue weighted by molar-refractivity contribution is 0.0929. The van der Waals surface area contributed by atoms with Gasteiger partial charge in [0.05, 0.1) is 6.04 Å². The minimum Gasteiger partial charge on any atom is -0.346 e. The number of rotatable bonds is 5. The van der Waals surface area contributed by atoms with Crippen LogP contribution in [0.15, 0.2) is 79.5 Å². The zero-order valence-corrected chi connectivity index (χ0v) is 18.3. The zero-order valence-electron chi connectivity index (χ0n) is 18.3. The SMILES string of the molecule is Cc1cc(-c2cnc3[nH]cc(-c4cnc(C(=O)NC(C)c5ccccc5)nc4)c3c2)ccn1. The fraction of sp³-hybridized carbons (Fsp3) is 0.115. The lowest BCUT2D eigenvalue weighted by atomic mass is 10.0. The summed E-state index contributed by atoms with van der Waals surface area (Å²) in [7, 11) is 0. The molecule has 162 valence electrons. The highest BCUT2D eigenvalue weighted by molar-refractivity contribution is 5.96. The average Bonchev–Trinajstić information content (AvgIpc) is 3.28. The highest BCUT2D eigenvalue weighted by Gasteiger charge is 2.15. The van der Waals surface area contributed by atoms with Gasteiger partial charge in [-0.05, 0) is 43.2 Å². The van der Waals surface area contributed by atoms with E-state index >= 15 is 0 Å². The first kappa shape index (κ1) is 20.5. The third-order valence-electron chi connectivity index (χ3n) is 5.57. The summed E-state index contributed by atoms with van der Waals surface area (Å²) in [5, 5.41) is 3.90. The molecule has 4 aromatic heterocycles. The Hall–Kier alpha value is -4.39. The lowest BCUT2D eigenvalue weighted by Crippen LogP contribution is -2.28. The van der Waals surface area contributed by atoms with Crippen molar-refractivity contribution in [1.82, 2.24) is 30.2 Å². The number of pyridine rings is 2. The Kier molecular flexibility index (Phi) is 5.36. The van der Waals surface area contributed by atoms with Crippen molar-refractivity contribution in [2.24, 2.45) is 0 Å². The fourth-order valence-electron chi connectivity index (χ4n) is 3.80. The van der Waals surface area contributed by atoms with E-state index in [1.807, 2.05) is 68.7 Å². The maximum atomic E-state index is 12.6. The first-order valence-electron chi connectivity index (χ1n) is 10.7. The van der Waals surface area contributed by atoms with Crippen LogP contribution in [-0.2, 0) is 0 Å². The molecule has 0 saturated heterocycles. The molecule has 1 atom stereocenters. The van der Waals surface area contributed by atoms with E-state index in [4.69, 9.17) is 0 Å². The molecular formula is C26H22N6O. The zero-order chi connectivity index (χ0) is 22.8. The third-order valence-corrected chi connectivity index (χ3v) is 5.57. The minimum absolute atomic E-state index is 0.132. The number of carbonyl (C=O) groups is 1. The number of aromatic nitrogens is 5. The Morgan fingerprint density at radius 1 is 0.909 bits per heavy atom. The van der Waals surface area contributed by atoms with Crippen molar-refractivity contribution in [2.75, 3.05) is 0 Å². The Balaban J connectivity index is 1.40. The number of aromatic amines is 1. The van der Waals surface area contributed by atoms with Gasteiger partial charge in [-0.15, -0.1) is 0 Å². The van der Waals surface area contributed by atoms with Crippen molar-refractivity contribution in [3.05, 3.63) is 96.6 Å². The molecule has 0 aliphatic carbocycles. The summed E-state index contributed by atoms with van der Waals surface area (Å²) in [5.41, 5.74) is 6.53. The predicted octanol–water partition coefficient (Wildman–Crippen LogP) is 4.88. The van der Waals surface area contributed by atoms with Crippen LogP contribution >= 0.6 is 0 Å². The minimum atomic E-state index is -0.311. The number of nitrogens with zero attached hydrogens (tertiary/aromatic N) is 4. The van der Waals surface area contributed by atoms with E-state index in [2.05, 4.69) is 36.3 Å². The topological polar surface area (TPSA) is 96.5 Å². The van der Waals surface area contributed by atoms with Crippen molar-refractivity contribution < 1.29 is 4.79 Å². The molecule has 7 nitrogen and oxygen atoms in total. The number of benzene rings is 1. The van der Waals surface area contributed by atoms with Crippen molar-refractivity contribution in [3.63, 3.8) is 0 Å². The molecular weight excluding hydrogens is 412 g/mol. The molecule has 0 spiro atoms. The number of H-pyrrole nitrogens is 1. The van der Waals surface area contributed by atoms with E-state index in [0.717, 1.165) is 44.5 Å². The van der Waals surface area contributed by atoms with Crippen LogP contribution in [0.3, 0.4) is 0 Å². The van der Waals surface area contributed by atoms with Gasteiger partial charge < -0.3 is 10.3 Å². The maximum absolute atomic E-state index is 12.6. The molecule has 1 amide bonds. The number of fused-ring (bicyclic) bond motifs is 1. The van der Waals surface area contributed by atoms with Crippen LogP contribution in [0.5, 0.6) is 0 Å². The number of nitrogens with one attached hydrogen (secondary N) is 2. The van der Waals surface area contributed by atoms with Gasteiger partial charge in [-0.2, -0.15) is 0 Å². The summed E-state index contributed by atoms with van der Waals surface area (Å²) in [5.74, 6) is -0.179. The van der Waals surface area contributed by atoms with Gasteiger partial charge in [0.25, 0.3) is 5.91 Å². The molecule has 0 bridgehead atoms. The van der Waals surface area contributed by atoms with Crippen LogP contribution in [0.1, 0.15) is 34.8 Å². The van der Waals surface area contributed by atoms with Crippen LogP contribution in [0, 0.1) is 6.92 Å². The molecule has 5 aromatic rings. The van der Waals surface area contributed by atoms with Crippen molar-refractivity contribution >= 4 is 16.9 Å². The third kappa shape index (κ3) is 4.21. The molecule has 5 rings (SSSR count). The molecule has 0 aliphatic rings. The summed E-state index contributed by atoms with van der Waals surface area (Å²) in [4.78, 5) is 33.3. The summed E-state index contributed by atoms with van der Waals surface area (Å²) >= 11 is 0. The second kappa shape index (κ2) is 8.63. The summed E-state index contributed by atoms with van der Waals surface area (Å²) < 4.78 is 0. The van der Waals surface area contributed by atoms with Crippen LogP contribution < -0.4 is 5.32 Å². The van der Waals surface area contributed by atoms with Crippen LogP contribution in [0.25, 0.3) is 33.3 Å². The van der Waals surface area contributed by atoms with Crippen molar-refractivity contribution in [1.29, 1.82) is 0 Å². The van der Waals surface area contributed by atoms with E-state index in [1.165, 1.54) is 0 Å². The van der Waals surface area contributed by atoms with Gasteiger partial charge in [0.1, 0.15) is 5.65 Å². The molecule has 7 heteroatoms. The van der Waals surface area contributed by atoms with Crippen molar-refractivity contribution in [3.8, 4) is 22.3 Å². The number of amides is 1. The molecule has 0 saturated carbocycles. The van der Waals surface area contributed by atoms with Gasteiger partial charge in [-0.1, -0.05) is 30.3 Å². The number of hydrogen-bond donors (Lipinski definition) is 2. The largest absolute Gasteiger partial charge is 0.346 e. The van der Waals surface area contributed by atoms with E-state index in [1.54, 1.807) is 18.6 Å². The Morgan fingerprint density at radius 3 is 2.42 bits per heavy atom. The summed E-state index contributed by atoms with van der Waals surface area (Å²) in [6, 6.07) is 15.7. The Morgan fingerprint density at radius 2 is 1.67 bits per heavy atom. The van der Waals surface area contributed by atoms with E-state index in [-0.39, 0.29) is 17.8 Å². The molecule has 1 unspecified atom stereocenters. The van der Waals surface area contributed by atoms with Gasteiger partial charge in [0.15, 0.2) is 0 Å². The van der Waals surface area contributed by atoms with Crippen LogP contribution in [0.4, 0.5) is 0 Å². The maximum Gasteiger partial charge on any atom is 0.289 e. The van der Waals surface area contributed by atoms with Gasteiger partial charge in [0.2, 0.25) is 5.82 Å². The fourth-order valence-corrected chi connectivity index (χ4v) is 3.80. The average molecular weight is 435 g/mol. The molecule has 2 N–H and O–H groups in total. The second-order valence-electron chi connectivity index (χ2n) is 7.91. The highest BCUT2D eigenvalue weighted by atomic mass is 16.2. The van der Waals surface area contributed by atoms with Crippen LogP contribution in [-0.4, -0.2) is 30.8 Å². The number of aryl methyl sites for hydroxylation is 1. The van der Waals surface area contributed by atoms with Gasteiger partial charge in [-0.25, -0.2) is 15.0 Å². The first-order valence-corrected chi connectivity index (χ1v) is 10.7. The molecule has 0 radical (unpaired) electrons. The highest BCUT2D eigenvalue weighted by Crippen LogP contribution is 2.30. The monoisotopic (exact) mass is 434 g/mol. The van der Waals surface area contributed by atoms with Crippen LogP contribution in [0.2, 0.25) is 0 Å². The van der Waals surface area contributed by atoms with Gasteiger partial charge in [0, 0.05) is 58.8 Å². The van der Waals surface area contributed by atoms with Crippen molar-refractivity contribution in [2.45, 2.75) is 19.9 Å². The van der Waals surface area contributed by atoms with E-state index in [9.17, 15) is 4.79 Å². The predicted molar refractivity (Wildman–Crippen MR) is 127 cm³/mol. The van der Waals surface area contributed by atoms with E-state index in [0.29, 0.717) is 0 Å². The summed E-state index contributed by atoms with van der Waals surface area (Å²) in [6.07, 6.45) is 8.86. The smallest absolute Gasteiger partial charge is 0.289 e. The molecule has 0 aliphatic heterocycles. The Labute approximate surface area is 191 Å². The molecule has 0 fully saturated rings. The molecule has 4 heterocycles.